The van der Waals surface area contributed by atoms with Crippen molar-refractivity contribution in [2.45, 2.75) is 64.1 Å². The fourth-order valence-electron chi connectivity index (χ4n) is 3.21. The largest absolute Gasteiger partial charge is 0.451 e. The molecule has 2 rings (SSSR count). The number of anilines is 1. The molecule has 0 unspecified atom stereocenters. The van der Waals surface area contributed by atoms with E-state index in [4.69, 9.17) is 4.74 Å². The molecule has 7 nitrogen and oxygen atoms in total. The van der Waals surface area contributed by atoms with Crippen LogP contribution in [0.5, 0.6) is 0 Å². The monoisotopic (exact) mass is 375 g/mol. The SMILES string of the molecule is C[C@@H](NC(=O)Nc1ccccc1)C(=O)O[C@H](C)C(=O)N(C)C1CCCCC1. The first kappa shape index (κ1) is 20.7. The molecular weight excluding hydrogens is 346 g/mol. The lowest BCUT2D eigenvalue weighted by Crippen LogP contribution is -2.47. The van der Waals surface area contributed by atoms with Crippen molar-refractivity contribution in [2.75, 3.05) is 12.4 Å². The molecule has 1 saturated carbocycles. The number of amides is 3. The van der Waals surface area contributed by atoms with Gasteiger partial charge >= 0.3 is 12.0 Å². The Hall–Kier alpha value is -2.57. The molecule has 0 aliphatic heterocycles. The summed E-state index contributed by atoms with van der Waals surface area (Å²) in [5.41, 5.74) is 0.619. The number of benzene rings is 1. The molecule has 27 heavy (non-hydrogen) atoms. The van der Waals surface area contributed by atoms with Gasteiger partial charge in [-0.15, -0.1) is 0 Å². The maximum atomic E-state index is 12.5. The summed E-state index contributed by atoms with van der Waals surface area (Å²) in [5, 5.41) is 5.15. The Morgan fingerprint density at radius 1 is 1.07 bits per heavy atom. The predicted molar refractivity (Wildman–Crippen MR) is 103 cm³/mol. The maximum Gasteiger partial charge on any atom is 0.329 e. The van der Waals surface area contributed by atoms with Crippen molar-refractivity contribution in [3.05, 3.63) is 30.3 Å². The molecule has 1 aliphatic carbocycles. The van der Waals surface area contributed by atoms with Crippen molar-refractivity contribution in [1.29, 1.82) is 0 Å². The molecule has 1 aliphatic rings. The molecule has 7 heteroatoms. The molecule has 2 N–H and O–H groups in total. The highest BCUT2D eigenvalue weighted by Gasteiger charge is 2.29. The summed E-state index contributed by atoms with van der Waals surface area (Å²) in [6.45, 7) is 3.09. The third-order valence-electron chi connectivity index (χ3n) is 4.84. The average Bonchev–Trinajstić information content (AvgIpc) is 2.68. The van der Waals surface area contributed by atoms with Crippen LogP contribution in [0.2, 0.25) is 0 Å². The van der Waals surface area contributed by atoms with Crippen molar-refractivity contribution in [1.82, 2.24) is 10.2 Å². The number of hydrogen-bond acceptors (Lipinski definition) is 4. The molecule has 2 atom stereocenters. The van der Waals surface area contributed by atoms with Gasteiger partial charge in [-0.05, 0) is 38.8 Å². The molecule has 0 saturated heterocycles. The Labute approximate surface area is 160 Å². The van der Waals surface area contributed by atoms with Gasteiger partial charge < -0.3 is 20.3 Å². The molecule has 1 aromatic rings. The molecule has 1 aromatic carbocycles. The van der Waals surface area contributed by atoms with Gasteiger partial charge in [0.1, 0.15) is 6.04 Å². The Kier molecular flexibility index (Phi) is 7.64. The van der Waals surface area contributed by atoms with Crippen molar-refractivity contribution < 1.29 is 19.1 Å². The van der Waals surface area contributed by atoms with E-state index < -0.39 is 24.1 Å². The summed E-state index contributed by atoms with van der Waals surface area (Å²) < 4.78 is 5.26. The second kappa shape index (κ2) is 9.94. The summed E-state index contributed by atoms with van der Waals surface area (Å²) in [4.78, 5) is 38.4. The maximum absolute atomic E-state index is 12.5. The van der Waals surface area contributed by atoms with Gasteiger partial charge in [0.15, 0.2) is 6.10 Å². The van der Waals surface area contributed by atoms with Gasteiger partial charge in [-0.2, -0.15) is 0 Å². The van der Waals surface area contributed by atoms with Crippen molar-refractivity contribution >= 4 is 23.6 Å². The van der Waals surface area contributed by atoms with Gasteiger partial charge in [-0.1, -0.05) is 37.5 Å². The van der Waals surface area contributed by atoms with Crippen LogP contribution in [0.4, 0.5) is 10.5 Å². The lowest BCUT2D eigenvalue weighted by atomic mass is 9.94. The minimum absolute atomic E-state index is 0.208. The van der Waals surface area contributed by atoms with Crippen molar-refractivity contribution in [2.24, 2.45) is 0 Å². The van der Waals surface area contributed by atoms with Crippen LogP contribution < -0.4 is 10.6 Å². The number of nitrogens with one attached hydrogen (secondary N) is 2. The second-order valence-electron chi connectivity index (χ2n) is 7.01. The quantitative estimate of drug-likeness (QED) is 0.749. The van der Waals surface area contributed by atoms with Crippen molar-refractivity contribution in [3.8, 4) is 0 Å². The zero-order chi connectivity index (χ0) is 19.8. The standard InChI is InChI=1S/C20H29N3O4/c1-14(21-20(26)22-16-10-6-4-7-11-16)19(25)27-15(2)18(24)23(3)17-12-8-5-9-13-17/h4,6-7,10-11,14-15,17H,5,8-9,12-13H2,1-3H3,(H2,21,22,26)/t14-,15-/m1/s1. The van der Waals surface area contributed by atoms with E-state index in [0.29, 0.717) is 5.69 Å². The van der Waals surface area contributed by atoms with Crippen LogP contribution in [0.3, 0.4) is 0 Å². The molecular formula is C20H29N3O4. The highest BCUT2D eigenvalue weighted by atomic mass is 16.5. The van der Waals surface area contributed by atoms with Gasteiger partial charge in [0.05, 0.1) is 0 Å². The summed E-state index contributed by atoms with van der Waals surface area (Å²) in [6, 6.07) is 7.74. The lowest BCUT2D eigenvalue weighted by Gasteiger charge is -2.32. The van der Waals surface area contributed by atoms with E-state index in [2.05, 4.69) is 10.6 Å². The zero-order valence-corrected chi connectivity index (χ0v) is 16.2. The number of hydrogen-bond donors (Lipinski definition) is 2. The molecule has 148 valence electrons. The van der Waals surface area contributed by atoms with E-state index in [-0.39, 0.29) is 11.9 Å². The number of urea groups is 1. The number of esters is 1. The Morgan fingerprint density at radius 3 is 2.33 bits per heavy atom. The second-order valence-corrected chi connectivity index (χ2v) is 7.01. The summed E-state index contributed by atoms with van der Waals surface area (Å²) in [6.07, 6.45) is 4.53. The molecule has 0 aromatic heterocycles. The van der Waals surface area contributed by atoms with Gasteiger partial charge in [-0.25, -0.2) is 9.59 Å². The summed E-state index contributed by atoms with van der Waals surface area (Å²) >= 11 is 0. The fraction of sp³-hybridized carbons (Fsp3) is 0.550. The number of carbonyl (C=O) groups excluding carboxylic acids is 3. The Morgan fingerprint density at radius 2 is 1.70 bits per heavy atom. The van der Waals surface area contributed by atoms with E-state index >= 15 is 0 Å². The first-order valence-electron chi connectivity index (χ1n) is 9.48. The highest BCUT2D eigenvalue weighted by molar-refractivity contribution is 5.93. The van der Waals surface area contributed by atoms with Crippen LogP contribution in [0, 0.1) is 0 Å². The number of carbonyl (C=O) groups is 3. The molecule has 3 amide bonds. The number of rotatable bonds is 6. The topological polar surface area (TPSA) is 87.7 Å². The van der Waals surface area contributed by atoms with Crippen LogP contribution in [-0.4, -0.2) is 48.0 Å². The Balaban J connectivity index is 1.80. The van der Waals surface area contributed by atoms with Gasteiger partial charge in [-0.3, -0.25) is 4.79 Å². The van der Waals surface area contributed by atoms with Crippen LogP contribution in [-0.2, 0) is 14.3 Å². The molecule has 0 bridgehead atoms. The zero-order valence-electron chi connectivity index (χ0n) is 16.2. The number of para-hydroxylation sites is 1. The lowest BCUT2D eigenvalue weighted by molar-refractivity contribution is -0.160. The first-order valence-corrected chi connectivity index (χ1v) is 9.48. The normalized spacial score (nSPS) is 16.7. The van der Waals surface area contributed by atoms with E-state index in [1.54, 1.807) is 43.1 Å². The Bertz CT molecular complexity index is 644. The van der Waals surface area contributed by atoms with E-state index in [1.807, 2.05) is 6.07 Å². The number of likely N-dealkylation sites (N-methyl/N-ethyl adjacent to an activating group) is 1. The number of nitrogens with zero attached hydrogens (tertiary/aromatic N) is 1. The van der Waals surface area contributed by atoms with Crippen LogP contribution in [0.25, 0.3) is 0 Å². The summed E-state index contributed by atoms with van der Waals surface area (Å²) in [7, 11) is 1.76. The minimum Gasteiger partial charge on any atom is -0.451 e. The van der Waals surface area contributed by atoms with E-state index in [0.717, 1.165) is 25.7 Å². The van der Waals surface area contributed by atoms with Crippen molar-refractivity contribution in [3.63, 3.8) is 0 Å². The van der Waals surface area contributed by atoms with Crippen LogP contribution in [0.1, 0.15) is 46.0 Å². The fourth-order valence-corrected chi connectivity index (χ4v) is 3.21. The van der Waals surface area contributed by atoms with Gasteiger partial charge in [0, 0.05) is 18.8 Å². The van der Waals surface area contributed by atoms with E-state index in [9.17, 15) is 14.4 Å². The summed E-state index contributed by atoms with van der Waals surface area (Å²) in [5.74, 6) is -0.854. The predicted octanol–water partition coefficient (Wildman–Crippen LogP) is 2.92. The molecule has 0 spiro atoms. The van der Waals surface area contributed by atoms with E-state index in [1.165, 1.54) is 13.3 Å². The highest BCUT2D eigenvalue weighted by Crippen LogP contribution is 2.22. The number of ether oxygens (including phenoxy) is 1. The molecule has 0 heterocycles. The minimum atomic E-state index is -0.883. The molecule has 0 radical (unpaired) electrons. The third kappa shape index (κ3) is 6.27. The molecule has 1 fully saturated rings. The average molecular weight is 375 g/mol. The van der Waals surface area contributed by atoms with Gasteiger partial charge in [0.25, 0.3) is 5.91 Å². The van der Waals surface area contributed by atoms with Crippen LogP contribution >= 0.6 is 0 Å². The van der Waals surface area contributed by atoms with Gasteiger partial charge in [0.2, 0.25) is 0 Å². The smallest absolute Gasteiger partial charge is 0.329 e. The first-order chi connectivity index (χ1) is 12.9. The third-order valence-corrected chi connectivity index (χ3v) is 4.84. The van der Waals surface area contributed by atoms with Crippen LogP contribution in [0.15, 0.2) is 30.3 Å².